The Bertz CT molecular complexity index is 450. The molecule has 0 atom stereocenters. The SMILES string of the molecule is C#Cc1ccc(C(C)(C)C(=O)C(C)(C)C)cc1. The lowest BCUT2D eigenvalue weighted by Crippen LogP contribution is -2.38. The van der Waals surface area contributed by atoms with Crippen LogP contribution in [0.25, 0.3) is 0 Å². The third-order valence-corrected chi connectivity index (χ3v) is 3.02. The van der Waals surface area contributed by atoms with Crippen molar-refractivity contribution in [2.75, 3.05) is 0 Å². The van der Waals surface area contributed by atoms with Gasteiger partial charge in [0.25, 0.3) is 0 Å². The first-order chi connectivity index (χ1) is 7.69. The Labute approximate surface area is 104 Å². The summed E-state index contributed by atoms with van der Waals surface area (Å²) in [6, 6.07) is 7.65. The summed E-state index contributed by atoms with van der Waals surface area (Å²) in [5, 5.41) is 0. The predicted molar refractivity (Wildman–Crippen MR) is 71.9 cm³/mol. The van der Waals surface area contributed by atoms with E-state index in [0.29, 0.717) is 0 Å². The van der Waals surface area contributed by atoms with Crippen LogP contribution in [0.15, 0.2) is 24.3 Å². The average Bonchev–Trinajstić information content (AvgIpc) is 2.27. The molecule has 1 heteroatoms. The van der Waals surface area contributed by atoms with E-state index in [9.17, 15) is 4.79 Å². The topological polar surface area (TPSA) is 17.1 Å². The van der Waals surface area contributed by atoms with E-state index in [1.807, 2.05) is 58.9 Å². The van der Waals surface area contributed by atoms with Gasteiger partial charge in [-0.25, -0.2) is 0 Å². The van der Waals surface area contributed by atoms with E-state index in [1.54, 1.807) is 0 Å². The van der Waals surface area contributed by atoms with Crippen LogP contribution in [0.4, 0.5) is 0 Å². The summed E-state index contributed by atoms with van der Waals surface area (Å²) in [7, 11) is 0. The molecule has 17 heavy (non-hydrogen) atoms. The zero-order valence-electron chi connectivity index (χ0n) is 11.3. The molecular weight excluding hydrogens is 208 g/mol. The molecule has 0 amide bonds. The summed E-state index contributed by atoms with van der Waals surface area (Å²) in [5.41, 5.74) is 1.03. The molecule has 0 aromatic heterocycles. The first kappa shape index (κ1) is 13.5. The molecule has 1 aromatic rings. The Kier molecular flexibility index (Phi) is 3.48. The maximum atomic E-state index is 12.4. The third kappa shape index (κ3) is 2.77. The first-order valence-corrected chi connectivity index (χ1v) is 5.81. The highest BCUT2D eigenvalue weighted by Crippen LogP contribution is 2.32. The molecule has 1 aromatic carbocycles. The van der Waals surface area contributed by atoms with Gasteiger partial charge >= 0.3 is 0 Å². The van der Waals surface area contributed by atoms with E-state index in [0.717, 1.165) is 11.1 Å². The minimum atomic E-state index is -0.481. The number of terminal acetylenes is 1. The summed E-state index contributed by atoms with van der Waals surface area (Å²) < 4.78 is 0. The molecule has 0 saturated heterocycles. The number of carbonyl (C=O) groups excluding carboxylic acids is 1. The number of rotatable bonds is 2. The van der Waals surface area contributed by atoms with Gasteiger partial charge in [0.05, 0.1) is 0 Å². The van der Waals surface area contributed by atoms with Gasteiger partial charge in [-0.05, 0) is 31.5 Å². The molecule has 0 aliphatic rings. The molecule has 0 radical (unpaired) electrons. The number of ketones is 1. The highest BCUT2D eigenvalue weighted by molar-refractivity contribution is 5.93. The first-order valence-electron chi connectivity index (χ1n) is 5.81. The molecule has 0 aliphatic carbocycles. The van der Waals surface area contributed by atoms with E-state index < -0.39 is 5.41 Å². The second-order valence-electron chi connectivity index (χ2n) is 5.93. The van der Waals surface area contributed by atoms with Gasteiger partial charge in [-0.2, -0.15) is 0 Å². The molecule has 90 valence electrons. The van der Waals surface area contributed by atoms with Crippen molar-refractivity contribution in [3.05, 3.63) is 35.4 Å². The van der Waals surface area contributed by atoms with E-state index in [-0.39, 0.29) is 11.2 Å². The summed E-state index contributed by atoms with van der Waals surface area (Å²) >= 11 is 0. The van der Waals surface area contributed by atoms with Gasteiger partial charge < -0.3 is 0 Å². The lowest BCUT2D eigenvalue weighted by atomic mass is 9.71. The summed E-state index contributed by atoms with van der Waals surface area (Å²) in [6.07, 6.45) is 5.32. The molecule has 0 N–H and O–H groups in total. The normalized spacial score (nSPS) is 12.0. The van der Waals surface area contributed by atoms with Crippen molar-refractivity contribution in [2.45, 2.75) is 40.0 Å². The van der Waals surface area contributed by atoms with Crippen LogP contribution in [-0.4, -0.2) is 5.78 Å². The van der Waals surface area contributed by atoms with Crippen LogP contribution in [-0.2, 0) is 10.2 Å². The summed E-state index contributed by atoms with van der Waals surface area (Å²) in [6.45, 7) is 9.78. The van der Waals surface area contributed by atoms with Gasteiger partial charge in [-0.15, -0.1) is 6.42 Å². The van der Waals surface area contributed by atoms with Gasteiger partial charge in [-0.3, -0.25) is 4.79 Å². The highest BCUT2D eigenvalue weighted by atomic mass is 16.1. The molecule has 0 aliphatic heterocycles. The Morgan fingerprint density at radius 3 is 1.88 bits per heavy atom. The molecule has 1 rings (SSSR count). The lowest BCUT2D eigenvalue weighted by Gasteiger charge is -2.31. The van der Waals surface area contributed by atoms with Crippen LogP contribution in [0.2, 0.25) is 0 Å². The lowest BCUT2D eigenvalue weighted by molar-refractivity contribution is -0.131. The third-order valence-electron chi connectivity index (χ3n) is 3.02. The Morgan fingerprint density at radius 1 is 1.06 bits per heavy atom. The van der Waals surface area contributed by atoms with Crippen molar-refractivity contribution >= 4 is 5.78 Å². The predicted octanol–water partition coefficient (Wildman–Crippen LogP) is 3.56. The Morgan fingerprint density at radius 2 is 1.53 bits per heavy atom. The number of hydrogen-bond acceptors (Lipinski definition) is 1. The summed E-state index contributed by atoms with van der Waals surface area (Å²) in [5.74, 6) is 2.81. The number of benzene rings is 1. The Balaban J connectivity index is 3.13. The van der Waals surface area contributed by atoms with Gasteiger partial charge in [-0.1, -0.05) is 38.8 Å². The standard InChI is InChI=1S/C16H20O/c1-7-12-8-10-13(11-9-12)16(5,6)14(17)15(2,3)4/h1,8-11H,2-6H3. The second kappa shape index (κ2) is 4.37. The van der Waals surface area contributed by atoms with Gasteiger partial charge in [0, 0.05) is 16.4 Å². The van der Waals surface area contributed by atoms with E-state index in [2.05, 4.69) is 5.92 Å². The maximum absolute atomic E-state index is 12.4. The van der Waals surface area contributed by atoms with Crippen molar-refractivity contribution in [3.63, 3.8) is 0 Å². The fourth-order valence-electron chi connectivity index (χ4n) is 2.05. The van der Waals surface area contributed by atoms with Crippen molar-refractivity contribution < 1.29 is 4.79 Å². The van der Waals surface area contributed by atoms with Crippen LogP contribution < -0.4 is 0 Å². The minimum absolute atomic E-state index is 0.235. The van der Waals surface area contributed by atoms with E-state index in [1.165, 1.54) is 0 Å². The fourth-order valence-corrected chi connectivity index (χ4v) is 2.05. The van der Waals surface area contributed by atoms with E-state index in [4.69, 9.17) is 6.42 Å². The molecule has 1 nitrogen and oxygen atoms in total. The van der Waals surface area contributed by atoms with Crippen molar-refractivity contribution in [1.29, 1.82) is 0 Å². The molecule has 0 spiro atoms. The van der Waals surface area contributed by atoms with Crippen molar-refractivity contribution in [2.24, 2.45) is 5.41 Å². The van der Waals surface area contributed by atoms with Crippen molar-refractivity contribution in [1.82, 2.24) is 0 Å². The highest BCUT2D eigenvalue weighted by Gasteiger charge is 2.37. The van der Waals surface area contributed by atoms with Crippen LogP contribution in [0.3, 0.4) is 0 Å². The van der Waals surface area contributed by atoms with E-state index >= 15 is 0 Å². The van der Waals surface area contributed by atoms with Crippen LogP contribution in [0, 0.1) is 17.8 Å². The molecular formula is C16H20O. The molecule has 0 saturated carbocycles. The zero-order chi connectivity index (χ0) is 13.3. The van der Waals surface area contributed by atoms with Gasteiger partial charge in [0.2, 0.25) is 0 Å². The minimum Gasteiger partial charge on any atom is -0.298 e. The number of carbonyl (C=O) groups is 1. The largest absolute Gasteiger partial charge is 0.298 e. The maximum Gasteiger partial charge on any atom is 0.148 e. The van der Waals surface area contributed by atoms with Gasteiger partial charge in [0.1, 0.15) is 5.78 Å². The van der Waals surface area contributed by atoms with Crippen LogP contribution in [0.5, 0.6) is 0 Å². The van der Waals surface area contributed by atoms with Crippen LogP contribution in [0.1, 0.15) is 45.7 Å². The quantitative estimate of drug-likeness (QED) is 0.707. The molecule has 0 heterocycles. The van der Waals surface area contributed by atoms with Crippen LogP contribution >= 0.6 is 0 Å². The smallest absolute Gasteiger partial charge is 0.148 e. The Hall–Kier alpha value is -1.55. The summed E-state index contributed by atoms with van der Waals surface area (Å²) in [4.78, 5) is 12.4. The van der Waals surface area contributed by atoms with Gasteiger partial charge in [0.15, 0.2) is 0 Å². The second-order valence-corrected chi connectivity index (χ2v) is 5.93. The molecule has 0 bridgehead atoms. The number of Topliss-reactive ketones (excluding diaryl/α,β-unsaturated/α-hetero) is 1. The monoisotopic (exact) mass is 228 g/mol. The average molecular weight is 228 g/mol. The zero-order valence-corrected chi connectivity index (χ0v) is 11.3. The number of hydrogen-bond donors (Lipinski definition) is 0. The van der Waals surface area contributed by atoms with Crippen molar-refractivity contribution in [3.8, 4) is 12.3 Å². The fraction of sp³-hybridized carbons (Fsp3) is 0.438. The molecule has 0 unspecified atom stereocenters. The molecule has 0 fully saturated rings.